The van der Waals surface area contributed by atoms with E-state index in [9.17, 15) is 9.59 Å². The van der Waals surface area contributed by atoms with Crippen molar-refractivity contribution in [1.29, 1.82) is 0 Å². The number of ether oxygens (including phenoxy) is 1. The summed E-state index contributed by atoms with van der Waals surface area (Å²) in [5.74, 6) is 1.11. The third-order valence-electron chi connectivity index (χ3n) is 6.42. The number of hydrogen-bond acceptors (Lipinski definition) is 6. The van der Waals surface area contributed by atoms with E-state index in [0.29, 0.717) is 31.3 Å². The molecule has 0 spiro atoms. The minimum Gasteiger partial charge on any atom is -0.475 e. The molecule has 4 aromatic rings. The maximum absolute atomic E-state index is 13.3. The minimum absolute atomic E-state index is 0.0709. The molecule has 6 rings (SSSR count). The Bertz CT molecular complexity index is 1480. The average molecular weight is 523 g/mol. The smallest absolute Gasteiger partial charge is 0.329 e. The standard InChI is InChI=1S/C24H23BrN6O3/c25-15-3-6-17-18(12-15)27-21(28-23(17)34-11-10-29-9-1-2-22(29)32)14-30-20-13-26-8-7-19(20)31(24(30)33)16-4-5-16/h3,6-8,12-13,16H,1-2,4-5,9-11,14H2. The van der Waals surface area contributed by atoms with Crippen molar-refractivity contribution in [3.8, 4) is 5.88 Å². The number of aromatic nitrogens is 5. The van der Waals surface area contributed by atoms with Gasteiger partial charge in [0.25, 0.3) is 0 Å². The van der Waals surface area contributed by atoms with E-state index in [0.717, 1.165) is 52.2 Å². The first kappa shape index (κ1) is 21.3. The van der Waals surface area contributed by atoms with Crippen molar-refractivity contribution in [2.75, 3.05) is 19.7 Å². The van der Waals surface area contributed by atoms with E-state index in [4.69, 9.17) is 9.72 Å². The molecule has 9 nitrogen and oxygen atoms in total. The second-order valence-corrected chi connectivity index (χ2v) is 9.69. The summed E-state index contributed by atoms with van der Waals surface area (Å²) in [5.41, 5.74) is 2.31. The summed E-state index contributed by atoms with van der Waals surface area (Å²) in [6, 6.07) is 7.88. The van der Waals surface area contributed by atoms with E-state index < -0.39 is 0 Å². The molecule has 0 bridgehead atoms. The number of rotatable bonds is 7. The lowest BCUT2D eigenvalue weighted by atomic mass is 10.2. The van der Waals surface area contributed by atoms with Crippen molar-refractivity contribution >= 4 is 43.8 Å². The number of likely N-dealkylation sites (tertiary alicyclic amines) is 1. The zero-order valence-corrected chi connectivity index (χ0v) is 20.1. The summed E-state index contributed by atoms with van der Waals surface area (Å²) in [6.07, 6.45) is 6.96. The third-order valence-corrected chi connectivity index (χ3v) is 6.91. The lowest BCUT2D eigenvalue weighted by molar-refractivity contribution is -0.128. The van der Waals surface area contributed by atoms with Crippen molar-refractivity contribution in [3.05, 3.63) is 57.4 Å². The molecular weight excluding hydrogens is 500 g/mol. The third kappa shape index (κ3) is 3.85. The Morgan fingerprint density at radius 1 is 1.12 bits per heavy atom. The number of carbonyl (C=O) groups excluding carboxylic acids is 1. The summed E-state index contributed by atoms with van der Waals surface area (Å²) in [5, 5.41) is 0.786. The molecule has 1 aliphatic heterocycles. The van der Waals surface area contributed by atoms with Crippen LogP contribution in [-0.2, 0) is 11.3 Å². The van der Waals surface area contributed by atoms with Gasteiger partial charge in [0, 0.05) is 29.7 Å². The fourth-order valence-electron chi connectivity index (χ4n) is 4.60. The summed E-state index contributed by atoms with van der Waals surface area (Å²) in [4.78, 5) is 40.7. The van der Waals surface area contributed by atoms with Crippen LogP contribution >= 0.6 is 15.9 Å². The highest BCUT2D eigenvalue weighted by atomic mass is 79.9. The molecule has 3 aromatic heterocycles. The summed E-state index contributed by atoms with van der Waals surface area (Å²) in [7, 11) is 0. The molecule has 2 aliphatic rings. The lowest BCUT2D eigenvalue weighted by Crippen LogP contribution is -2.29. The van der Waals surface area contributed by atoms with Crippen LogP contribution in [0, 0.1) is 0 Å². The number of hydrogen-bond donors (Lipinski definition) is 0. The van der Waals surface area contributed by atoms with Gasteiger partial charge >= 0.3 is 5.69 Å². The first-order valence-electron chi connectivity index (χ1n) is 11.5. The van der Waals surface area contributed by atoms with E-state index in [-0.39, 0.29) is 24.2 Å². The van der Waals surface area contributed by atoms with Crippen LogP contribution in [0.4, 0.5) is 0 Å². The van der Waals surface area contributed by atoms with Crippen LogP contribution in [0.1, 0.15) is 37.5 Å². The lowest BCUT2D eigenvalue weighted by Gasteiger charge is -2.16. The normalized spacial score (nSPS) is 16.1. The van der Waals surface area contributed by atoms with E-state index in [2.05, 4.69) is 25.9 Å². The maximum atomic E-state index is 13.3. The van der Waals surface area contributed by atoms with Crippen molar-refractivity contribution in [1.82, 2.24) is 29.0 Å². The molecule has 174 valence electrons. The summed E-state index contributed by atoms with van der Waals surface area (Å²) < 4.78 is 10.5. The van der Waals surface area contributed by atoms with E-state index in [1.165, 1.54) is 0 Å². The molecule has 4 heterocycles. The first-order valence-corrected chi connectivity index (χ1v) is 12.3. The van der Waals surface area contributed by atoms with Crippen LogP contribution in [0.2, 0.25) is 0 Å². The molecule has 1 aromatic carbocycles. The molecule has 1 saturated heterocycles. The van der Waals surface area contributed by atoms with Crippen LogP contribution in [-0.4, -0.2) is 54.6 Å². The van der Waals surface area contributed by atoms with Crippen LogP contribution in [0.5, 0.6) is 5.88 Å². The quantitative estimate of drug-likeness (QED) is 0.369. The number of nitrogens with zero attached hydrogens (tertiary/aromatic N) is 6. The first-order chi connectivity index (χ1) is 16.6. The molecule has 1 amide bonds. The Morgan fingerprint density at radius 3 is 2.79 bits per heavy atom. The second kappa shape index (κ2) is 8.50. The Labute approximate surface area is 203 Å². The van der Waals surface area contributed by atoms with Gasteiger partial charge < -0.3 is 9.64 Å². The molecule has 0 N–H and O–H groups in total. The fraction of sp³-hybridized carbons (Fsp3) is 0.375. The SMILES string of the molecule is O=C1CCCN1CCOc1nc(Cn2c(=O)n(C3CC3)c3ccncc32)nc2cc(Br)ccc12. The zero-order chi connectivity index (χ0) is 23.2. The molecule has 0 radical (unpaired) electrons. The molecule has 34 heavy (non-hydrogen) atoms. The highest BCUT2D eigenvalue weighted by Gasteiger charge is 2.29. The highest BCUT2D eigenvalue weighted by Crippen LogP contribution is 2.36. The molecule has 0 atom stereocenters. The second-order valence-electron chi connectivity index (χ2n) is 8.77. The van der Waals surface area contributed by atoms with Gasteiger partial charge in [0.2, 0.25) is 11.8 Å². The maximum Gasteiger partial charge on any atom is 0.329 e. The summed E-state index contributed by atoms with van der Waals surface area (Å²) >= 11 is 3.51. The van der Waals surface area contributed by atoms with Crippen LogP contribution in [0.3, 0.4) is 0 Å². The van der Waals surface area contributed by atoms with Crippen molar-refractivity contribution in [2.45, 2.75) is 38.3 Å². The van der Waals surface area contributed by atoms with Gasteiger partial charge in [-0.3, -0.25) is 18.9 Å². The molecular formula is C24H23BrN6O3. The predicted molar refractivity (Wildman–Crippen MR) is 130 cm³/mol. The minimum atomic E-state index is -0.0709. The van der Waals surface area contributed by atoms with Crippen molar-refractivity contribution in [3.63, 3.8) is 0 Å². The van der Waals surface area contributed by atoms with Crippen LogP contribution < -0.4 is 10.4 Å². The van der Waals surface area contributed by atoms with Crippen molar-refractivity contribution < 1.29 is 9.53 Å². The van der Waals surface area contributed by atoms with Gasteiger partial charge in [-0.1, -0.05) is 15.9 Å². The Hall–Kier alpha value is -3.27. The number of amides is 1. The molecule has 0 unspecified atom stereocenters. The fourth-order valence-corrected chi connectivity index (χ4v) is 4.95. The van der Waals surface area contributed by atoms with Crippen molar-refractivity contribution in [2.24, 2.45) is 0 Å². The van der Waals surface area contributed by atoms with E-state index in [1.807, 2.05) is 33.7 Å². The van der Waals surface area contributed by atoms with Gasteiger partial charge in [0.15, 0.2) is 5.82 Å². The van der Waals surface area contributed by atoms with Crippen LogP contribution in [0.15, 0.2) is 45.9 Å². The number of pyridine rings is 1. The monoisotopic (exact) mass is 522 g/mol. The number of fused-ring (bicyclic) bond motifs is 2. The zero-order valence-electron chi connectivity index (χ0n) is 18.5. The van der Waals surface area contributed by atoms with Gasteiger partial charge in [-0.05, 0) is 43.5 Å². The number of carbonyl (C=O) groups is 1. The van der Waals surface area contributed by atoms with Crippen LogP contribution in [0.25, 0.3) is 21.9 Å². The number of imidazole rings is 1. The molecule has 2 fully saturated rings. The Morgan fingerprint density at radius 2 is 2.00 bits per heavy atom. The molecule has 1 saturated carbocycles. The Balaban J connectivity index is 1.35. The topological polar surface area (TPSA) is 95.1 Å². The van der Waals surface area contributed by atoms with Gasteiger partial charge in [-0.2, -0.15) is 4.98 Å². The van der Waals surface area contributed by atoms with E-state index in [1.54, 1.807) is 17.0 Å². The molecule has 1 aliphatic carbocycles. The van der Waals surface area contributed by atoms with Gasteiger partial charge in [-0.15, -0.1) is 0 Å². The van der Waals surface area contributed by atoms with Gasteiger partial charge in [0.1, 0.15) is 6.61 Å². The molecule has 10 heteroatoms. The van der Waals surface area contributed by atoms with Gasteiger partial charge in [0.05, 0.1) is 41.2 Å². The highest BCUT2D eigenvalue weighted by molar-refractivity contribution is 9.10. The predicted octanol–water partition coefficient (Wildman–Crippen LogP) is 3.29. The summed E-state index contributed by atoms with van der Waals surface area (Å²) in [6.45, 7) is 1.85. The number of benzene rings is 1. The van der Waals surface area contributed by atoms with Gasteiger partial charge in [-0.25, -0.2) is 9.78 Å². The Kier molecular flexibility index (Phi) is 5.32. The van der Waals surface area contributed by atoms with E-state index >= 15 is 0 Å². The largest absolute Gasteiger partial charge is 0.475 e. The number of halogens is 1. The average Bonchev–Trinajstić information content (AvgIpc) is 3.52.